The van der Waals surface area contributed by atoms with E-state index in [1.54, 1.807) is 36.9 Å². The molecule has 1 amide bonds. The van der Waals surface area contributed by atoms with Gasteiger partial charge in [-0.05, 0) is 37.7 Å². The Morgan fingerprint density at radius 3 is 1.97 bits per heavy atom. The molecule has 1 fully saturated rings. The summed E-state index contributed by atoms with van der Waals surface area (Å²) < 4.78 is 4.97. The fraction of sp³-hybridized carbons (Fsp3) is 0.538. The number of benzene rings is 1. The molecule has 1 aromatic carbocycles. The molecule has 0 spiro atoms. The average molecular weight is 448 g/mol. The number of methoxy groups -OCH3 is 1. The largest absolute Gasteiger partial charge is 0.497 e. The van der Waals surface area contributed by atoms with E-state index >= 15 is 0 Å². The number of rotatable bonds is 5. The van der Waals surface area contributed by atoms with Gasteiger partial charge in [0.1, 0.15) is 5.75 Å². The summed E-state index contributed by atoms with van der Waals surface area (Å²) in [6, 6.07) is 11.7. The molecular formula is C26H45N3O3. The van der Waals surface area contributed by atoms with Gasteiger partial charge in [-0.15, -0.1) is 0 Å². The molecule has 0 atom stereocenters. The first kappa shape index (κ1) is 31.7. The number of pyridine rings is 1. The predicted octanol–water partition coefficient (Wildman–Crippen LogP) is 6.03. The van der Waals surface area contributed by atoms with Crippen molar-refractivity contribution in [1.82, 2.24) is 15.4 Å². The van der Waals surface area contributed by atoms with Crippen LogP contribution in [0.5, 0.6) is 5.75 Å². The van der Waals surface area contributed by atoms with Crippen molar-refractivity contribution in [1.29, 1.82) is 0 Å². The summed E-state index contributed by atoms with van der Waals surface area (Å²) in [7, 11) is 3.47. The van der Waals surface area contributed by atoms with Gasteiger partial charge in [0.2, 0.25) is 0 Å². The lowest BCUT2D eigenvalue weighted by atomic mass is 10.2. The van der Waals surface area contributed by atoms with Crippen molar-refractivity contribution in [2.45, 2.75) is 73.3 Å². The number of hydrogen-bond acceptors (Lipinski definition) is 5. The fourth-order valence-electron chi connectivity index (χ4n) is 1.81. The van der Waals surface area contributed by atoms with Gasteiger partial charge in [0.15, 0.2) is 0 Å². The number of amides is 1. The minimum absolute atomic E-state index is 0.158. The molecule has 1 aromatic heterocycles. The van der Waals surface area contributed by atoms with Crippen LogP contribution in [-0.2, 0) is 11.3 Å². The monoisotopic (exact) mass is 447 g/mol. The van der Waals surface area contributed by atoms with Crippen molar-refractivity contribution in [3.63, 3.8) is 0 Å². The zero-order valence-corrected chi connectivity index (χ0v) is 21.2. The standard InChI is InChI=1S/C9H13N3O2.C8H10O.C3H6.2C3H8/c1-12(7-9(13)11-14)6-8-3-2-4-10-5-8;1-7-3-5-8(9-2)6-4-7;1-2-3-1;2*1-3-2/h2-5,14H,6-7H2,1H3,(H,11,13);3-6H,1-2H3;1-3H2;2*3H2,1-2H3. The molecule has 6 nitrogen and oxygen atoms in total. The van der Waals surface area contributed by atoms with E-state index in [4.69, 9.17) is 9.94 Å². The summed E-state index contributed by atoms with van der Waals surface area (Å²) in [5.41, 5.74) is 3.87. The second-order valence-corrected chi connectivity index (χ2v) is 7.56. The van der Waals surface area contributed by atoms with Crippen LogP contribution in [0.25, 0.3) is 0 Å². The first-order valence-corrected chi connectivity index (χ1v) is 11.5. The number of nitrogens with one attached hydrogen (secondary N) is 1. The summed E-state index contributed by atoms with van der Waals surface area (Å²) in [6.45, 7) is 11.3. The molecular weight excluding hydrogens is 402 g/mol. The Morgan fingerprint density at radius 2 is 1.59 bits per heavy atom. The van der Waals surface area contributed by atoms with Gasteiger partial charge < -0.3 is 4.74 Å². The van der Waals surface area contributed by atoms with Crippen molar-refractivity contribution < 1.29 is 14.7 Å². The molecule has 0 aliphatic heterocycles. The van der Waals surface area contributed by atoms with Gasteiger partial charge >= 0.3 is 0 Å². The lowest BCUT2D eigenvalue weighted by Gasteiger charge is -2.14. The first-order chi connectivity index (χ1) is 15.4. The molecule has 0 radical (unpaired) electrons. The zero-order chi connectivity index (χ0) is 24.6. The van der Waals surface area contributed by atoms with Crippen LogP contribution >= 0.6 is 0 Å². The van der Waals surface area contributed by atoms with E-state index in [0.29, 0.717) is 6.54 Å². The molecule has 1 heterocycles. The molecule has 1 saturated carbocycles. The van der Waals surface area contributed by atoms with Gasteiger partial charge in [-0.3, -0.25) is 19.9 Å². The maximum absolute atomic E-state index is 10.8. The number of ether oxygens (including phenoxy) is 1. The summed E-state index contributed by atoms with van der Waals surface area (Å²) in [5.74, 6) is 0.497. The summed E-state index contributed by atoms with van der Waals surface area (Å²) in [6.07, 6.45) is 10.4. The maximum Gasteiger partial charge on any atom is 0.257 e. The van der Waals surface area contributed by atoms with Crippen molar-refractivity contribution in [2.24, 2.45) is 0 Å². The van der Waals surface area contributed by atoms with Crippen LogP contribution in [0.1, 0.15) is 70.9 Å². The summed E-state index contributed by atoms with van der Waals surface area (Å²) >= 11 is 0. The number of nitrogens with zero attached hydrogens (tertiary/aromatic N) is 2. The highest BCUT2D eigenvalue weighted by molar-refractivity contribution is 5.76. The van der Waals surface area contributed by atoms with Gasteiger partial charge in [0.05, 0.1) is 13.7 Å². The van der Waals surface area contributed by atoms with Crippen LogP contribution in [0.15, 0.2) is 48.8 Å². The van der Waals surface area contributed by atoms with E-state index in [-0.39, 0.29) is 6.54 Å². The molecule has 3 rings (SSSR count). The SMILES string of the molecule is C1CC1.CCC.CCC.CN(CC(=O)NO)Cc1cccnc1.COc1ccc(C)cc1. The third-order valence-electron chi connectivity index (χ3n) is 3.32. The Balaban J connectivity index is 0. The smallest absolute Gasteiger partial charge is 0.257 e. The van der Waals surface area contributed by atoms with Crippen LogP contribution in [-0.4, -0.2) is 41.7 Å². The van der Waals surface area contributed by atoms with Crippen LogP contribution in [0, 0.1) is 6.92 Å². The molecule has 0 unspecified atom stereocenters. The lowest BCUT2D eigenvalue weighted by molar-refractivity contribution is -0.130. The Bertz CT molecular complexity index is 642. The lowest BCUT2D eigenvalue weighted by Crippen LogP contribution is -2.32. The second-order valence-electron chi connectivity index (χ2n) is 7.56. The quantitative estimate of drug-likeness (QED) is 0.433. The number of aromatic nitrogens is 1. The molecule has 1 aliphatic rings. The average Bonchev–Trinajstić information content (AvgIpc) is 3.66. The Hall–Kier alpha value is -2.44. The molecule has 1 aliphatic carbocycles. The third-order valence-corrected chi connectivity index (χ3v) is 3.32. The molecule has 0 saturated heterocycles. The number of aryl methyl sites for hydroxylation is 1. The van der Waals surface area contributed by atoms with Gasteiger partial charge in [-0.25, -0.2) is 5.48 Å². The Labute approximate surface area is 196 Å². The summed E-state index contributed by atoms with van der Waals surface area (Å²) in [5, 5.41) is 8.31. The van der Waals surface area contributed by atoms with Crippen LogP contribution in [0.2, 0.25) is 0 Å². The number of hydrogen-bond donors (Lipinski definition) is 2. The van der Waals surface area contributed by atoms with Gasteiger partial charge in [-0.1, -0.05) is 83.6 Å². The number of carbonyl (C=O) groups is 1. The topological polar surface area (TPSA) is 74.7 Å². The highest BCUT2D eigenvalue weighted by atomic mass is 16.5. The first-order valence-electron chi connectivity index (χ1n) is 11.5. The van der Waals surface area contributed by atoms with E-state index < -0.39 is 5.91 Å². The molecule has 0 bridgehead atoms. The minimum Gasteiger partial charge on any atom is -0.497 e. The maximum atomic E-state index is 10.8. The van der Waals surface area contributed by atoms with Crippen LogP contribution < -0.4 is 10.2 Å². The van der Waals surface area contributed by atoms with Gasteiger partial charge in [0, 0.05) is 18.9 Å². The highest BCUT2D eigenvalue weighted by Gasteiger charge is 2.05. The third kappa shape index (κ3) is 23.8. The van der Waals surface area contributed by atoms with Crippen molar-refractivity contribution >= 4 is 5.91 Å². The van der Waals surface area contributed by atoms with Crippen LogP contribution in [0.3, 0.4) is 0 Å². The molecule has 2 aromatic rings. The Kier molecular flexibility index (Phi) is 23.0. The van der Waals surface area contributed by atoms with Crippen molar-refractivity contribution in [2.75, 3.05) is 20.7 Å². The minimum atomic E-state index is -0.420. The van der Waals surface area contributed by atoms with Crippen molar-refractivity contribution in [3.05, 3.63) is 59.9 Å². The normalized spacial score (nSPS) is 10.4. The van der Waals surface area contributed by atoms with Gasteiger partial charge in [-0.2, -0.15) is 0 Å². The molecule has 2 N–H and O–H groups in total. The number of hydroxylamine groups is 1. The molecule has 32 heavy (non-hydrogen) atoms. The fourth-order valence-corrected chi connectivity index (χ4v) is 1.81. The molecule has 6 heteroatoms. The Morgan fingerprint density at radius 1 is 1.06 bits per heavy atom. The number of carbonyl (C=O) groups excluding carboxylic acids is 1. The summed E-state index contributed by atoms with van der Waals surface area (Å²) in [4.78, 5) is 16.5. The van der Waals surface area contributed by atoms with E-state index in [1.165, 1.54) is 37.7 Å². The van der Waals surface area contributed by atoms with Crippen molar-refractivity contribution in [3.8, 4) is 5.75 Å². The highest BCUT2D eigenvalue weighted by Crippen LogP contribution is 2.14. The van der Waals surface area contributed by atoms with E-state index in [9.17, 15) is 4.79 Å². The predicted molar refractivity (Wildman–Crippen MR) is 134 cm³/mol. The van der Waals surface area contributed by atoms with Gasteiger partial charge in [0.25, 0.3) is 5.91 Å². The van der Waals surface area contributed by atoms with Crippen LogP contribution in [0.4, 0.5) is 0 Å². The van der Waals surface area contributed by atoms with E-state index in [1.807, 2.05) is 36.4 Å². The van der Waals surface area contributed by atoms with E-state index in [0.717, 1.165) is 11.3 Å². The zero-order valence-electron chi connectivity index (χ0n) is 21.2. The molecule has 182 valence electrons. The van der Waals surface area contributed by atoms with E-state index in [2.05, 4.69) is 39.6 Å². The second kappa shape index (κ2) is 23.2. The number of likely N-dealkylation sites (N-methyl/N-ethyl adjacent to an activating group) is 1.